The molecule has 214 valence electrons. The first kappa shape index (κ1) is 28.5. The van der Waals surface area contributed by atoms with Gasteiger partial charge in [-0.3, -0.25) is 0 Å². The predicted molar refractivity (Wildman–Crippen MR) is 153 cm³/mol. The number of rotatable bonds is 9. The number of aryl methyl sites for hydroxylation is 1. The summed E-state index contributed by atoms with van der Waals surface area (Å²) in [4.78, 5) is 4.63. The molecule has 6 nitrogen and oxygen atoms in total. The minimum atomic E-state index is -0.647. The van der Waals surface area contributed by atoms with Gasteiger partial charge in [0.1, 0.15) is 0 Å². The van der Waals surface area contributed by atoms with Crippen molar-refractivity contribution in [2.24, 2.45) is 23.2 Å². The van der Waals surface area contributed by atoms with Crippen LogP contribution < -0.4 is 0 Å². The molecule has 0 amide bonds. The number of hydrogen-bond donors (Lipinski definition) is 3. The topological polar surface area (TPSA) is 99.6 Å². The van der Waals surface area contributed by atoms with Gasteiger partial charge >= 0.3 is 0 Å². The van der Waals surface area contributed by atoms with E-state index in [9.17, 15) is 15.3 Å². The molecule has 4 aliphatic rings. The lowest BCUT2D eigenvalue weighted by molar-refractivity contribution is 0.0862. The second kappa shape index (κ2) is 11.5. The van der Waals surface area contributed by atoms with Crippen molar-refractivity contribution in [1.82, 2.24) is 10.1 Å². The van der Waals surface area contributed by atoms with Crippen LogP contribution in [0.2, 0.25) is 0 Å². The molecule has 0 unspecified atom stereocenters. The van der Waals surface area contributed by atoms with Gasteiger partial charge in [0.2, 0.25) is 5.89 Å². The summed E-state index contributed by atoms with van der Waals surface area (Å²) in [6.07, 6.45) is 18.5. The van der Waals surface area contributed by atoms with Crippen LogP contribution in [-0.4, -0.2) is 43.8 Å². The molecule has 39 heavy (non-hydrogen) atoms. The molecule has 6 heteroatoms. The molecular formula is C33H48N2O4. The Morgan fingerprint density at radius 1 is 1.15 bits per heavy atom. The fourth-order valence-electron chi connectivity index (χ4n) is 7.87. The predicted octanol–water partition coefficient (Wildman–Crippen LogP) is 6.14. The zero-order valence-corrected chi connectivity index (χ0v) is 24.1. The van der Waals surface area contributed by atoms with Crippen LogP contribution in [0.15, 0.2) is 52.1 Å². The highest BCUT2D eigenvalue weighted by Gasteiger charge is 2.55. The number of unbranched alkanes of at least 4 members (excludes halogenated alkanes) is 1. The van der Waals surface area contributed by atoms with Crippen LogP contribution in [0.25, 0.3) is 0 Å². The molecule has 1 heterocycles. The molecule has 5 rings (SSSR count). The highest BCUT2D eigenvalue weighted by atomic mass is 16.5. The molecule has 0 bridgehead atoms. The van der Waals surface area contributed by atoms with Gasteiger partial charge in [0, 0.05) is 12.8 Å². The normalized spacial score (nSPS) is 36.0. The average Bonchev–Trinajstić information content (AvgIpc) is 3.44. The van der Waals surface area contributed by atoms with Crippen molar-refractivity contribution >= 4 is 0 Å². The van der Waals surface area contributed by atoms with E-state index in [0.29, 0.717) is 36.5 Å². The molecule has 1 aromatic rings. The highest BCUT2D eigenvalue weighted by molar-refractivity contribution is 5.38. The SMILES string of the molecule is C=C1/C(=C\C=C2/CCC[C@]3(C)[C@@H]([C@H](C)/C=C/[C@H](O)C4(c5nc(CCCC)no5)CC4)CC[C@@H]23)C[C@@H](O)C[C@@H]1O. The number of aliphatic hydroxyl groups excluding tert-OH is 3. The van der Waals surface area contributed by atoms with E-state index >= 15 is 0 Å². The maximum atomic E-state index is 11.2. The van der Waals surface area contributed by atoms with Gasteiger partial charge in [0.25, 0.3) is 0 Å². The first-order valence-electron chi connectivity index (χ1n) is 15.3. The van der Waals surface area contributed by atoms with Gasteiger partial charge < -0.3 is 19.8 Å². The number of aliphatic hydroxyl groups is 3. The summed E-state index contributed by atoms with van der Waals surface area (Å²) in [5.74, 6) is 2.84. The number of allylic oxidation sites excluding steroid dienone is 4. The van der Waals surface area contributed by atoms with Crippen molar-refractivity contribution in [2.75, 3.05) is 0 Å². The lowest BCUT2D eigenvalue weighted by Gasteiger charge is -2.44. The fraction of sp³-hybridized carbons (Fsp3) is 0.697. The number of nitrogens with zero attached hydrogens (tertiary/aromatic N) is 2. The molecule has 0 spiro atoms. The third-order valence-electron chi connectivity index (χ3n) is 10.5. The molecule has 4 aliphatic carbocycles. The van der Waals surface area contributed by atoms with Crippen molar-refractivity contribution in [3.05, 3.63) is 59.3 Å². The summed E-state index contributed by atoms with van der Waals surface area (Å²) >= 11 is 0. The van der Waals surface area contributed by atoms with Crippen LogP contribution in [-0.2, 0) is 11.8 Å². The molecule has 4 saturated carbocycles. The number of aromatic nitrogens is 2. The summed E-state index contributed by atoms with van der Waals surface area (Å²) in [5, 5.41) is 35.7. The Hall–Kier alpha value is -2.02. The standard InChI is InChI=1S/C33H48N2O4/c1-5-6-9-30-34-31(39-35-30)33(17-18-33)29(38)15-10-21(2)26-13-14-27-23(8-7-16-32(26,27)4)11-12-24-19-25(36)20-28(37)22(24)3/h10-12,15,21,25-29,36-38H,3,5-9,13-14,16-20H2,1-2,4H3/b15-10+,23-11+,24-12-/t21-,25-,26-,27+,28+,29+,32-/m1/s1. The van der Waals surface area contributed by atoms with Gasteiger partial charge in [-0.25, -0.2) is 0 Å². The zero-order chi connectivity index (χ0) is 27.8. The van der Waals surface area contributed by atoms with Crippen LogP contribution in [0.3, 0.4) is 0 Å². The van der Waals surface area contributed by atoms with Crippen molar-refractivity contribution < 1.29 is 19.8 Å². The molecule has 4 fully saturated rings. The monoisotopic (exact) mass is 536 g/mol. The van der Waals surface area contributed by atoms with Gasteiger partial charge in [-0.1, -0.05) is 68.8 Å². The highest BCUT2D eigenvalue weighted by Crippen LogP contribution is 2.60. The largest absolute Gasteiger partial charge is 0.393 e. The minimum absolute atomic E-state index is 0.234. The first-order valence-corrected chi connectivity index (χ1v) is 15.3. The van der Waals surface area contributed by atoms with Gasteiger partial charge in [-0.05, 0) is 92.1 Å². The third kappa shape index (κ3) is 5.62. The van der Waals surface area contributed by atoms with Crippen molar-refractivity contribution in [3.8, 4) is 0 Å². The summed E-state index contributed by atoms with van der Waals surface area (Å²) < 4.78 is 5.60. The fourth-order valence-corrected chi connectivity index (χ4v) is 7.87. The van der Waals surface area contributed by atoms with Gasteiger partial charge in [-0.2, -0.15) is 4.98 Å². The molecule has 3 N–H and O–H groups in total. The van der Waals surface area contributed by atoms with Crippen LogP contribution in [0.4, 0.5) is 0 Å². The lowest BCUT2D eigenvalue weighted by atomic mass is 9.61. The third-order valence-corrected chi connectivity index (χ3v) is 10.5. The molecule has 0 saturated heterocycles. The first-order chi connectivity index (χ1) is 18.7. The van der Waals surface area contributed by atoms with Crippen molar-refractivity contribution in [2.45, 2.75) is 122 Å². The second-order valence-corrected chi connectivity index (χ2v) is 13.1. The average molecular weight is 537 g/mol. The maximum Gasteiger partial charge on any atom is 0.235 e. The van der Waals surface area contributed by atoms with E-state index < -0.39 is 23.7 Å². The molecule has 0 radical (unpaired) electrons. The Kier molecular flexibility index (Phi) is 8.38. The number of hydrogen-bond acceptors (Lipinski definition) is 6. The van der Waals surface area contributed by atoms with E-state index in [1.54, 1.807) is 0 Å². The summed E-state index contributed by atoms with van der Waals surface area (Å²) in [6.45, 7) is 11.0. The van der Waals surface area contributed by atoms with Crippen molar-refractivity contribution in [3.63, 3.8) is 0 Å². The van der Waals surface area contributed by atoms with Gasteiger partial charge in [0.15, 0.2) is 5.82 Å². The van der Waals surface area contributed by atoms with E-state index in [1.165, 1.54) is 31.3 Å². The van der Waals surface area contributed by atoms with Crippen LogP contribution >= 0.6 is 0 Å². The maximum absolute atomic E-state index is 11.2. The Bertz CT molecular complexity index is 1130. The molecule has 0 aliphatic heterocycles. The minimum Gasteiger partial charge on any atom is -0.393 e. The van der Waals surface area contributed by atoms with Gasteiger partial charge in [-0.15, -0.1) is 0 Å². The second-order valence-electron chi connectivity index (χ2n) is 13.1. The van der Waals surface area contributed by atoms with E-state index in [-0.39, 0.29) is 5.41 Å². The Morgan fingerprint density at radius 2 is 1.95 bits per heavy atom. The Morgan fingerprint density at radius 3 is 2.69 bits per heavy atom. The lowest BCUT2D eigenvalue weighted by Crippen LogP contribution is -2.35. The van der Waals surface area contributed by atoms with E-state index in [4.69, 9.17) is 4.52 Å². The van der Waals surface area contributed by atoms with E-state index in [2.05, 4.69) is 55.7 Å². The number of fused-ring (bicyclic) bond motifs is 1. The van der Waals surface area contributed by atoms with E-state index in [1.807, 2.05) is 6.08 Å². The quantitative estimate of drug-likeness (QED) is 0.328. The molecular weight excluding hydrogens is 488 g/mol. The molecule has 0 aromatic carbocycles. The Balaban J connectivity index is 1.26. The Labute approximate surface area is 234 Å². The van der Waals surface area contributed by atoms with Crippen molar-refractivity contribution in [1.29, 1.82) is 0 Å². The van der Waals surface area contributed by atoms with Crippen LogP contribution in [0.5, 0.6) is 0 Å². The molecule has 1 aromatic heterocycles. The van der Waals surface area contributed by atoms with Gasteiger partial charge in [0.05, 0.1) is 23.7 Å². The summed E-state index contributed by atoms with van der Waals surface area (Å²) in [6, 6.07) is 0. The van der Waals surface area contributed by atoms with Crippen LogP contribution in [0, 0.1) is 23.2 Å². The summed E-state index contributed by atoms with van der Waals surface area (Å²) in [5.41, 5.74) is 3.06. The smallest absolute Gasteiger partial charge is 0.235 e. The van der Waals surface area contributed by atoms with E-state index in [0.717, 1.165) is 55.5 Å². The van der Waals surface area contributed by atoms with Crippen LogP contribution in [0.1, 0.15) is 103 Å². The molecule has 7 atom stereocenters. The zero-order valence-electron chi connectivity index (χ0n) is 24.1. The summed E-state index contributed by atoms with van der Waals surface area (Å²) in [7, 11) is 0.